The Labute approximate surface area is 221 Å². The zero-order valence-corrected chi connectivity index (χ0v) is 22.5. The molecule has 0 fully saturated rings. The quantitative estimate of drug-likeness (QED) is 0.233. The highest BCUT2D eigenvalue weighted by Gasteiger charge is 2.36. The van der Waals surface area contributed by atoms with Crippen molar-refractivity contribution in [3.63, 3.8) is 0 Å². The molecule has 2 heterocycles. The maximum Gasteiger partial charge on any atom is 0.338 e. The Balaban J connectivity index is 1.42. The molecule has 0 saturated heterocycles. The van der Waals surface area contributed by atoms with E-state index in [9.17, 15) is 18.0 Å². The second-order valence-corrected chi connectivity index (χ2v) is 11.9. The number of carbonyl (C=O) groups is 1. The number of rotatable bonds is 6. The van der Waals surface area contributed by atoms with Gasteiger partial charge in [0.1, 0.15) is 12.2 Å². The number of ether oxygens (including phenoxy) is 1. The number of anilines is 1. The molecule has 1 atom stereocenters. The van der Waals surface area contributed by atoms with Crippen LogP contribution in [0.2, 0.25) is 0 Å². The lowest BCUT2D eigenvalue weighted by Gasteiger charge is -2.24. The summed E-state index contributed by atoms with van der Waals surface area (Å²) in [6.45, 7) is 7.83. The fourth-order valence-electron chi connectivity index (χ4n) is 5.16. The van der Waals surface area contributed by atoms with Crippen LogP contribution in [0.25, 0.3) is 11.0 Å². The Morgan fingerprint density at radius 1 is 1.08 bits per heavy atom. The van der Waals surface area contributed by atoms with Crippen LogP contribution in [0.1, 0.15) is 59.3 Å². The number of fused-ring (bicyclic) bond motifs is 2. The van der Waals surface area contributed by atoms with E-state index in [2.05, 4.69) is 13.8 Å². The SMILES string of the molecule is Cc1cc2oc(=O)cc(COC(=O)c3cccc(S(=O)(=O)N4c5ccccc5C[C@H]4C)c3)c2cc1C(C)C. The molecular formula is C30H29NO6S. The zero-order valence-electron chi connectivity index (χ0n) is 21.7. The molecule has 1 aliphatic heterocycles. The van der Waals surface area contributed by atoms with Gasteiger partial charge in [-0.3, -0.25) is 4.31 Å². The Morgan fingerprint density at radius 3 is 2.61 bits per heavy atom. The van der Waals surface area contributed by atoms with Gasteiger partial charge >= 0.3 is 11.6 Å². The number of carbonyl (C=O) groups excluding carboxylic acids is 1. The van der Waals surface area contributed by atoms with E-state index in [4.69, 9.17) is 9.15 Å². The maximum atomic E-state index is 13.6. The van der Waals surface area contributed by atoms with Gasteiger partial charge in [-0.1, -0.05) is 38.1 Å². The van der Waals surface area contributed by atoms with Gasteiger partial charge in [0.2, 0.25) is 0 Å². The fraction of sp³-hybridized carbons (Fsp3) is 0.267. The van der Waals surface area contributed by atoms with E-state index in [0.29, 0.717) is 28.6 Å². The maximum absolute atomic E-state index is 13.6. The Morgan fingerprint density at radius 2 is 1.84 bits per heavy atom. The predicted octanol–water partition coefficient (Wildman–Crippen LogP) is 5.72. The molecule has 1 aromatic heterocycles. The van der Waals surface area contributed by atoms with Gasteiger partial charge in [-0.25, -0.2) is 18.0 Å². The van der Waals surface area contributed by atoms with Gasteiger partial charge in [-0.15, -0.1) is 0 Å². The first-order valence-electron chi connectivity index (χ1n) is 12.5. The van der Waals surface area contributed by atoms with Crippen molar-refractivity contribution in [2.75, 3.05) is 4.31 Å². The van der Waals surface area contributed by atoms with Gasteiger partial charge in [-0.05, 0) is 79.3 Å². The van der Waals surface area contributed by atoms with Crippen LogP contribution in [0.4, 0.5) is 5.69 Å². The van der Waals surface area contributed by atoms with Crippen LogP contribution in [-0.4, -0.2) is 20.4 Å². The summed E-state index contributed by atoms with van der Waals surface area (Å²) in [6, 6.07) is 18.1. The van der Waals surface area contributed by atoms with Crippen LogP contribution in [0, 0.1) is 6.92 Å². The van der Waals surface area contributed by atoms with Crippen LogP contribution in [0.5, 0.6) is 0 Å². The van der Waals surface area contributed by atoms with E-state index in [1.807, 2.05) is 44.2 Å². The summed E-state index contributed by atoms with van der Waals surface area (Å²) in [5.41, 5.74) is 4.27. The monoisotopic (exact) mass is 531 g/mol. The van der Waals surface area contributed by atoms with Crippen molar-refractivity contribution in [3.8, 4) is 0 Å². The van der Waals surface area contributed by atoms with Gasteiger partial charge in [0.15, 0.2) is 0 Å². The molecule has 1 aliphatic rings. The first-order chi connectivity index (χ1) is 18.1. The number of nitrogens with zero attached hydrogens (tertiary/aromatic N) is 1. The van der Waals surface area contributed by atoms with Crippen molar-refractivity contribution in [2.45, 2.75) is 57.6 Å². The number of aryl methyl sites for hydroxylation is 1. The van der Waals surface area contributed by atoms with E-state index in [-0.39, 0.29) is 29.0 Å². The van der Waals surface area contributed by atoms with E-state index >= 15 is 0 Å². The van der Waals surface area contributed by atoms with Crippen LogP contribution >= 0.6 is 0 Å². The van der Waals surface area contributed by atoms with Crippen molar-refractivity contribution >= 4 is 32.6 Å². The van der Waals surface area contributed by atoms with Crippen LogP contribution in [0.15, 0.2) is 80.8 Å². The summed E-state index contributed by atoms with van der Waals surface area (Å²) in [5.74, 6) is -0.425. The van der Waals surface area contributed by atoms with Crippen molar-refractivity contribution in [3.05, 3.63) is 105 Å². The van der Waals surface area contributed by atoms with Crippen LogP contribution < -0.4 is 9.93 Å². The van der Waals surface area contributed by atoms with Crippen molar-refractivity contribution in [2.24, 2.45) is 0 Å². The molecule has 3 aromatic carbocycles. The average Bonchev–Trinajstić information content (AvgIpc) is 3.22. The molecule has 4 aromatic rings. The first-order valence-corrected chi connectivity index (χ1v) is 14.0. The summed E-state index contributed by atoms with van der Waals surface area (Å²) < 4.78 is 39.5. The number of hydrogen-bond donors (Lipinski definition) is 0. The van der Waals surface area contributed by atoms with E-state index in [1.54, 1.807) is 6.07 Å². The lowest BCUT2D eigenvalue weighted by atomic mass is 9.95. The molecule has 196 valence electrons. The summed E-state index contributed by atoms with van der Waals surface area (Å²) in [7, 11) is -3.90. The Hall–Kier alpha value is -3.91. The smallest absolute Gasteiger partial charge is 0.338 e. The van der Waals surface area contributed by atoms with Gasteiger partial charge in [-0.2, -0.15) is 0 Å². The van der Waals surface area contributed by atoms with Crippen molar-refractivity contribution in [1.29, 1.82) is 0 Å². The molecule has 0 amide bonds. The molecular weight excluding hydrogens is 502 g/mol. The molecule has 7 nitrogen and oxygen atoms in total. The average molecular weight is 532 g/mol. The minimum Gasteiger partial charge on any atom is -0.457 e. The van der Waals surface area contributed by atoms with Crippen molar-refractivity contribution in [1.82, 2.24) is 0 Å². The van der Waals surface area contributed by atoms with Gasteiger partial charge in [0.25, 0.3) is 10.0 Å². The molecule has 0 spiro atoms. The number of sulfonamides is 1. The Kier molecular flexibility index (Phi) is 6.61. The van der Waals surface area contributed by atoms with Gasteiger partial charge < -0.3 is 9.15 Å². The lowest BCUT2D eigenvalue weighted by molar-refractivity contribution is 0.0473. The highest BCUT2D eigenvalue weighted by atomic mass is 32.2. The standard InChI is InChI=1S/C30H29NO6S/c1-18(2)25-16-26-23(15-29(32)37-28(26)12-19(25)3)17-36-30(33)22-9-7-10-24(14-22)38(34,35)31-20(4)13-21-8-5-6-11-27(21)31/h5-12,14-16,18,20H,13,17H2,1-4H3/t20-/m1/s1. The molecule has 0 unspecified atom stereocenters. The highest BCUT2D eigenvalue weighted by molar-refractivity contribution is 7.92. The first kappa shape index (κ1) is 25.7. The van der Waals surface area contributed by atoms with Crippen LogP contribution in [0.3, 0.4) is 0 Å². The second-order valence-electron chi connectivity index (χ2n) is 10.0. The summed E-state index contributed by atoms with van der Waals surface area (Å²) in [4.78, 5) is 25.2. The zero-order chi connectivity index (χ0) is 27.2. The molecule has 8 heteroatoms. The number of esters is 1. The summed E-state index contributed by atoms with van der Waals surface area (Å²) in [6.07, 6.45) is 0.619. The van der Waals surface area contributed by atoms with Gasteiger partial charge in [0.05, 0.1) is 16.1 Å². The highest BCUT2D eigenvalue weighted by Crippen LogP contribution is 2.36. The van der Waals surface area contributed by atoms with Crippen LogP contribution in [-0.2, 0) is 27.8 Å². The molecule has 38 heavy (non-hydrogen) atoms. The molecule has 5 rings (SSSR count). The number of para-hydroxylation sites is 1. The Bertz CT molecular complexity index is 1720. The minimum absolute atomic E-state index is 0.0124. The van der Waals surface area contributed by atoms with E-state index < -0.39 is 21.6 Å². The molecule has 0 radical (unpaired) electrons. The molecule has 0 saturated carbocycles. The third-order valence-electron chi connectivity index (χ3n) is 6.97. The topological polar surface area (TPSA) is 93.9 Å². The van der Waals surface area contributed by atoms with Gasteiger partial charge in [0, 0.05) is 23.1 Å². The molecule has 0 aliphatic carbocycles. The van der Waals surface area contributed by atoms with Crippen molar-refractivity contribution < 1.29 is 22.4 Å². The fourth-order valence-corrected chi connectivity index (χ4v) is 6.90. The van der Waals surface area contributed by atoms with E-state index in [0.717, 1.165) is 16.7 Å². The molecule has 0 N–H and O–H groups in total. The normalized spacial score (nSPS) is 15.2. The largest absolute Gasteiger partial charge is 0.457 e. The lowest BCUT2D eigenvalue weighted by Crippen LogP contribution is -2.35. The second kappa shape index (κ2) is 9.76. The summed E-state index contributed by atoms with van der Waals surface area (Å²) >= 11 is 0. The predicted molar refractivity (Wildman–Crippen MR) is 146 cm³/mol. The third kappa shape index (κ3) is 4.60. The third-order valence-corrected chi connectivity index (χ3v) is 8.89. The number of hydrogen-bond acceptors (Lipinski definition) is 6. The number of benzene rings is 3. The minimum atomic E-state index is -3.90. The summed E-state index contributed by atoms with van der Waals surface area (Å²) in [5, 5.41) is 0.699. The molecule has 0 bridgehead atoms. The van der Waals surface area contributed by atoms with E-state index in [1.165, 1.54) is 34.6 Å².